The normalized spacial score (nSPS) is 21.2. The molecule has 2 saturated carbocycles. The third-order valence-corrected chi connectivity index (χ3v) is 3.82. The van der Waals surface area contributed by atoms with E-state index in [0.29, 0.717) is 0 Å². The summed E-state index contributed by atoms with van der Waals surface area (Å²) in [5, 5.41) is 9.17. The molecule has 82 valence electrons. The minimum Gasteiger partial charge on any atom is -0.390 e. The summed E-state index contributed by atoms with van der Waals surface area (Å²) in [5.74, 6) is 2.78. The van der Waals surface area contributed by atoms with E-state index >= 15 is 0 Å². The van der Waals surface area contributed by atoms with Crippen molar-refractivity contribution < 1.29 is 5.11 Å². The predicted molar refractivity (Wildman–Crippen MR) is 57.1 cm³/mol. The lowest BCUT2D eigenvalue weighted by Crippen LogP contribution is -2.16. The molecule has 1 aromatic heterocycles. The average molecular weight is 206 g/mol. The summed E-state index contributed by atoms with van der Waals surface area (Å²) >= 11 is 0. The van der Waals surface area contributed by atoms with Gasteiger partial charge in [-0.25, -0.2) is 4.98 Å². The average Bonchev–Trinajstić information content (AvgIpc) is 3.14. The lowest BCUT2D eigenvalue weighted by Gasteiger charge is -2.17. The van der Waals surface area contributed by atoms with Gasteiger partial charge in [-0.3, -0.25) is 0 Å². The first-order valence-corrected chi connectivity index (χ1v) is 5.98. The molecule has 0 unspecified atom stereocenters. The fourth-order valence-electron chi connectivity index (χ4n) is 2.60. The van der Waals surface area contributed by atoms with Crippen molar-refractivity contribution in [3.8, 4) is 0 Å². The van der Waals surface area contributed by atoms with Gasteiger partial charge in [-0.1, -0.05) is 0 Å². The molecule has 1 heterocycles. The first-order valence-electron chi connectivity index (χ1n) is 5.98. The Morgan fingerprint density at radius 1 is 1.33 bits per heavy atom. The number of hydrogen-bond acceptors (Lipinski definition) is 2. The van der Waals surface area contributed by atoms with Crippen LogP contribution >= 0.6 is 0 Å². The van der Waals surface area contributed by atoms with Crippen molar-refractivity contribution in [1.82, 2.24) is 9.55 Å². The van der Waals surface area contributed by atoms with E-state index in [-0.39, 0.29) is 6.61 Å². The van der Waals surface area contributed by atoms with Crippen LogP contribution in [0.2, 0.25) is 0 Å². The van der Waals surface area contributed by atoms with Crippen LogP contribution in [0, 0.1) is 17.8 Å². The Hall–Kier alpha value is -0.830. The maximum absolute atomic E-state index is 9.17. The van der Waals surface area contributed by atoms with Crippen LogP contribution in [-0.2, 0) is 13.2 Å². The molecule has 0 saturated heterocycles. The van der Waals surface area contributed by atoms with Crippen molar-refractivity contribution in [3.63, 3.8) is 0 Å². The van der Waals surface area contributed by atoms with E-state index in [1.165, 1.54) is 25.7 Å². The van der Waals surface area contributed by atoms with Gasteiger partial charge in [0.2, 0.25) is 0 Å². The third kappa shape index (κ3) is 1.93. The summed E-state index contributed by atoms with van der Waals surface area (Å²) in [7, 11) is 0. The summed E-state index contributed by atoms with van der Waals surface area (Å²) in [4.78, 5) is 4.11. The van der Waals surface area contributed by atoms with Gasteiger partial charge in [-0.2, -0.15) is 0 Å². The second kappa shape index (κ2) is 3.63. The van der Waals surface area contributed by atoms with Crippen molar-refractivity contribution in [2.45, 2.75) is 38.8 Å². The van der Waals surface area contributed by atoms with Crippen molar-refractivity contribution in [1.29, 1.82) is 0 Å². The monoisotopic (exact) mass is 206 g/mol. The highest BCUT2D eigenvalue weighted by Crippen LogP contribution is 2.49. The van der Waals surface area contributed by atoms with Gasteiger partial charge in [-0.05, 0) is 43.4 Å². The van der Waals surface area contributed by atoms with E-state index < -0.39 is 0 Å². The molecule has 0 bridgehead atoms. The number of nitrogens with zero attached hydrogens (tertiary/aromatic N) is 2. The number of imidazole rings is 1. The van der Waals surface area contributed by atoms with Gasteiger partial charge in [0.05, 0.1) is 24.8 Å². The Balaban J connectivity index is 1.71. The number of aliphatic hydroxyl groups excluding tert-OH is 1. The van der Waals surface area contributed by atoms with E-state index in [1.807, 2.05) is 6.33 Å². The highest BCUT2D eigenvalue weighted by atomic mass is 16.3. The highest BCUT2D eigenvalue weighted by molar-refractivity contribution is 4.99. The maximum atomic E-state index is 9.17. The van der Waals surface area contributed by atoms with E-state index in [4.69, 9.17) is 5.11 Å². The SMILES string of the molecule is OCc1cncn1CC(C1CC1)C1CC1. The second-order valence-corrected chi connectivity index (χ2v) is 5.03. The Labute approximate surface area is 90.1 Å². The molecule has 2 aliphatic carbocycles. The van der Waals surface area contributed by atoms with Gasteiger partial charge in [-0.15, -0.1) is 0 Å². The number of aromatic nitrogens is 2. The Kier molecular flexibility index (Phi) is 2.28. The zero-order valence-electron chi connectivity index (χ0n) is 8.97. The highest BCUT2D eigenvalue weighted by Gasteiger charge is 2.41. The minimum atomic E-state index is 0.113. The van der Waals surface area contributed by atoms with Gasteiger partial charge in [0, 0.05) is 6.54 Å². The van der Waals surface area contributed by atoms with Crippen molar-refractivity contribution >= 4 is 0 Å². The molecule has 3 heteroatoms. The molecule has 0 atom stereocenters. The minimum absolute atomic E-state index is 0.113. The van der Waals surface area contributed by atoms with Crippen molar-refractivity contribution in [2.75, 3.05) is 0 Å². The molecule has 0 radical (unpaired) electrons. The van der Waals surface area contributed by atoms with Crippen LogP contribution in [-0.4, -0.2) is 14.7 Å². The van der Waals surface area contributed by atoms with Crippen molar-refractivity contribution in [3.05, 3.63) is 18.2 Å². The smallest absolute Gasteiger partial charge is 0.0948 e. The Morgan fingerprint density at radius 3 is 2.53 bits per heavy atom. The van der Waals surface area contributed by atoms with Gasteiger partial charge in [0.15, 0.2) is 0 Å². The third-order valence-electron chi connectivity index (χ3n) is 3.82. The van der Waals surface area contributed by atoms with Gasteiger partial charge in [0.25, 0.3) is 0 Å². The zero-order valence-corrected chi connectivity index (χ0v) is 8.97. The predicted octanol–water partition coefficient (Wildman–Crippen LogP) is 1.81. The maximum Gasteiger partial charge on any atom is 0.0948 e. The molecular formula is C12H18N2O. The number of aliphatic hydroxyl groups is 1. The van der Waals surface area contributed by atoms with E-state index in [1.54, 1.807) is 6.20 Å². The first-order chi connectivity index (χ1) is 7.38. The topological polar surface area (TPSA) is 38.1 Å². The summed E-state index contributed by atoms with van der Waals surface area (Å²) in [5.41, 5.74) is 0.960. The van der Waals surface area contributed by atoms with Crippen LogP contribution in [0.15, 0.2) is 12.5 Å². The van der Waals surface area contributed by atoms with Gasteiger partial charge < -0.3 is 9.67 Å². The van der Waals surface area contributed by atoms with E-state index in [0.717, 1.165) is 30.0 Å². The molecule has 0 amide bonds. The standard InChI is InChI=1S/C12H18N2O/c15-7-11-5-13-8-14(11)6-12(9-1-2-9)10-3-4-10/h5,8-10,12,15H,1-4,6-7H2. The summed E-state index contributed by atoms with van der Waals surface area (Å²) in [6.45, 7) is 1.19. The van der Waals surface area contributed by atoms with Crippen LogP contribution in [0.25, 0.3) is 0 Å². The molecule has 1 N–H and O–H groups in total. The summed E-state index contributed by atoms with van der Waals surface area (Å²) < 4.78 is 2.14. The van der Waals surface area contributed by atoms with E-state index in [9.17, 15) is 0 Å². The Bertz CT molecular complexity index is 327. The van der Waals surface area contributed by atoms with Gasteiger partial charge >= 0.3 is 0 Å². The van der Waals surface area contributed by atoms with Crippen LogP contribution < -0.4 is 0 Å². The van der Waals surface area contributed by atoms with Crippen LogP contribution in [0.4, 0.5) is 0 Å². The van der Waals surface area contributed by atoms with Gasteiger partial charge in [0.1, 0.15) is 0 Å². The van der Waals surface area contributed by atoms with Crippen molar-refractivity contribution in [2.24, 2.45) is 17.8 Å². The zero-order chi connectivity index (χ0) is 10.3. The molecule has 3 rings (SSSR count). The molecule has 0 spiro atoms. The number of rotatable bonds is 5. The first kappa shape index (κ1) is 9.40. The largest absolute Gasteiger partial charge is 0.390 e. The quantitative estimate of drug-likeness (QED) is 0.798. The molecule has 2 aliphatic rings. The lowest BCUT2D eigenvalue weighted by atomic mass is 9.98. The summed E-state index contributed by atoms with van der Waals surface area (Å²) in [6, 6.07) is 0. The fourth-order valence-corrected chi connectivity index (χ4v) is 2.60. The number of hydrogen-bond donors (Lipinski definition) is 1. The van der Waals surface area contributed by atoms with Crippen LogP contribution in [0.1, 0.15) is 31.4 Å². The van der Waals surface area contributed by atoms with Crippen LogP contribution in [0.3, 0.4) is 0 Å². The molecule has 3 nitrogen and oxygen atoms in total. The Morgan fingerprint density at radius 2 is 2.00 bits per heavy atom. The molecule has 2 fully saturated rings. The second-order valence-electron chi connectivity index (χ2n) is 5.03. The molecule has 0 aliphatic heterocycles. The molecule has 15 heavy (non-hydrogen) atoms. The summed E-state index contributed by atoms with van der Waals surface area (Å²) in [6.07, 6.45) is 9.32. The van der Waals surface area contributed by atoms with Crippen LogP contribution in [0.5, 0.6) is 0 Å². The molecular weight excluding hydrogens is 188 g/mol. The molecule has 1 aromatic rings. The molecule has 0 aromatic carbocycles. The van der Waals surface area contributed by atoms with E-state index in [2.05, 4.69) is 9.55 Å². The fraction of sp³-hybridized carbons (Fsp3) is 0.750. The lowest BCUT2D eigenvalue weighted by molar-refractivity contribution is 0.261.